The zero-order valence-electron chi connectivity index (χ0n) is 19.2. The Morgan fingerprint density at radius 1 is 1.06 bits per heavy atom. The highest BCUT2D eigenvalue weighted by Crippen LogP contribution is 2.32. The number of rotatable bonds is 7. The number of pyridine rings is 1. The summed E-state index contributed by atoms with van der Waals surface area (Å²) in [6.45, 7) is 2.36. The zero-order valence-corrected chi connectivity index (χ0v) is 20.8. The minimum atomic E-state index is -0.314. The van der Waals surface area contributed by atoms with Gasteiger partial charge in [0.05, 0.1) is 23.7 Å². The number of halogens is 2. The molecule has 1 unspecified atom stereocenters. The smallest absolute Gasteiger partial charge is 0.255 e. The molecule has 5 aromatic rings. The van der Waals surface area contributed by atoms with Crippen LogP contribution in [0, 0.1) is 5.82 Å². The van der Waals surface area contributed by atoms with E-state index in [1.54, 1.807) is 41.8 Å². The molecule has 0 spiro atoms. The van der Waals surface area contributed by atoms with Crippen molar-refractivity contribution in [1.29, 1.82) is 0 Å². The molecule has 0 aliphatic carbocycles. The van der Waals surface area contributed by atoms with E-state index in [9.17, 15) is 9.18 Å². The molecule has 2 N–H and O–H groups in total. The third kappa shape index (κ3) is 5.19. The number of aromatic nitrogens is 3. The van der Waals surface area contributed by atoms with Crippen molar-refractivity contribution in [1.82, 2.24) is 20.3 Å². The molecular formula is C27H21ClFN5OS. The molecule has 3 heterocycles. The summed E-state index contributed by atoms with van der Waals surface area (Å²) >= 11 is 7.88. The van der Waals surface area contributed by atoms with Crippen molar-refractivity contribution >= 4 is 45.6 Å². The summed E-state index contributed by atoms with van der Waals surface area (Å²) < 4.78 is 13.2. The van der Waals surface area contributed by atoms with E-state index in [-0.39, 0.29) is 17.8 Å². The molecule has 0 aliphatic heterocycles. The maximum atomic E-state index is 13.2. The van der Waals surface area contributed by atoms with E-state index >= 15 is 0 Å². The van der Waals surface area contributed by atoms with Crippen molar-refractivity contribution in [3.8, 4) is 10.4 Å². The first-order chi connectivity index (χ1) is 17.5. The number of anilines is 1. The van der Waals surface area contributed by atoms with Crippen molar-refractivity contribution in [3.63, 3.8) is 0 Å². The first kappa shape index (κ1) is 23.8. The summed E-state index contributed by atoms with van der Waals surface area (Å²) in [5, 5.41) is 7.47. The van der Waals surface area contributed by atoms with Gasteiger partial charge in [0.15, 0.2) is 0 Å². The molecule has 180 valence electrons. The first-order valence-corrected chi connectivity index (χ1v) is 12.4. The van der Waals surface area contributed by atoms with Crippen LogP contribution in [0.15, 0.2) is 79.3 Å². The van der Waals surface area contributed by atoms with Gasteiger partial charge in [0.25, 0.3) is 5.91 Å². The number of nitrogens with one attached hydrogen (secondary N) is 2. The second kappa shape index (κ2) is 10.4. The fourth-order valence-electron chi connectivity index (χ4n) is 3.82. The molecule has 2 aromatic carbocycles. The SMILES string of the molecule is CC(NC(=O)c1cccnc1NCc1ccc(-c2ccc3ncnc(Cl)c3c2)s1)c1ccc(F)cc1. The van der Waals surface area contributed by atoms with E-state index in [0.29, 0.717) is 23.1 Å². The van der Waals surface area contributed by atoms with Gasteiger partial charge in [-0.25, -0.2) is 19.3 Å². The van der Waals surface area contributed by atoms with Crippen LogP contribution in [-0.2, 0) is 6.54 Å². The molecular weight excluding hydrogens is 497 g/mol. The third-order valence-corrected chi connectivity index (χ3v) is 7.17. The maximum Gasteiger partial charge on any atom is 0.255 e. The Hall–Kier alpha value is -3.88. The lowest BCUT2D eigenvalue weighted by molar-refractivity contribution is 0.0940. The van der Waals surface area contributed by atoms with Crippen LogP contribution in [0.5, 0.6) is 0 Å². The lowest BCUT2D eigenvalue weighted by Crippen LogP contribution is -2.27. The van der Waals surface area contributed by atoms with Crippen LogP contribution in [0.4, 0.5) is 10.2 Å². The van der Waals surface area contributed by atoms with Gasteiger partial charge < -0.3 is 10.6 Å². The minimum absolute atomic E-state index is 0.260. The number of hydrogen-bond acceptors (Lipinski definition) is 6. The van der Waals surface area contributed by atoms with Crippen LogP contribution >= 0.6 is 22.9 Å². The van der Waals surface area contributed by atoms with Gasteiger partial charge in [-0.15, -0.1) is 11.3 Å². The van der Waals surface area contributed by atoms with Crippen LogP contribution in [0.3, 0.4) is 0 Å². The van der Waals surface area contributed by atoms with E-state index in [2.05, 4.69) is 31.7 Å². The fraction of sp³-hybridized carbons (Fsp3) is 0.111. The zero-order chi connectivity index (χ0) is 25.1. The third-order valence-electron chi connectivity index (χ3n) is 5.73. The van der Waals surface area contributed by atoms with Crippen molar-refractivity contribution in [2.24, 2.45) is 0 Å². The lowest BCUT2D eigenvalue weighted by atomic mass is 10.1. The predicted molar refractivity (Wildman–Crippen MR) is 142 cm³/mol. The van der Waals surface area contributed by atoms with Gasteiger partial charge in [0.2, 0.25) is 0 Å². The molecule has 0 saturated carbocycles. The van der Waals surface area contributed by atoms with E-state index in [1.165, 1.54) is 18.5 Å². The molecule has 0 radical (unpaired) electrons. The standard InChI is InChI=1S/C27H21ClFN5OS/c1-16(17-4-7-19(29)8-5-17)34-27(35)21-3-2-12-30-26(21)31-14-20-9-11-24(36-20)18-6-10-23-22(13-18)25(28)33-15-32-23/h2-13,15-16H,14H2,1H3,(H,30,31)(H,34,35). The summed E-state index contributed by atoms with van der Waals surface area (Å²) in [6.07, 6.45) is 3.10. The van der Waals surface area contributed by atoms with Gasteiger partial charge in [-0.05, 0) is 66.6 Å². The number of amides is 1. The van der Waals surface area contributed by atoms with Crippen LogP contribution in [0.25, 0.3) is 21.3 Å². The van der Waals surface area contributed by atoms with Gasteiger partial charge in [0, 0.05) is 21.3 Å². The van der Waals surface area contributed by atoms with E-state index < -0.39 is 0 Å². The maximum absolute atomic E-state index is 13.2. The fourth-order valence-corrected chi connectivity index (χ4v) is 4.95. The highest BCUT2D eigenvalue weighted by atomic mass is 35.5. The van der Waals surface area contributed by atoms with Gasteiger partial charge >= 0.3 is 0 Å². The molecule has 5 rings (SSSR count). The van der Waals surface area contributed by atoms with Gasteiger partial charge in [-0.3, -0.25) is 4.79 Å². The van der Waals surface area contributed by atoms with Crippen LogP contribution < -0.4 is 10.6 Å². The summed E-state index contributed by atoms with van der Waals surface area (Å²) in [5.41, 5.74) is 3.08. The quantitative estimate of drug-likeness (QED) is 0.236. The van der Waals surface area contributed by atoms with E-state index in [0.717, 1.165) is 31.8 Å². The summed E-state index contributed by atoms with van der Waals surface area (Å²) in [7, 11) is 0. The van der Waals surface area contributed by atoms with Gasteiger partial charge in [-0.1, -0.05) is 29.8 Å². The molecule has 1 atom stereocenters. The van der Waals surface area contributed by atoms with Crippen LogP contribution in [0.1, 0.15) is 33.8 Å². The summed E-state index contributed by atoms with van der Waals surface area (Å²) in [6, 6.07) is 19.3. The second-order valence-electron chi connectivity index (χ2n) is 8.16. The van der Waals surface area contributed by atoms with Crippen molar-refractivity contribution in [2.45, 2.75) is 19.5 Å². The largest absolute Gasteiger partial charge is 0.365 e. The molecule has 0 saturated heterocycles. The Balaban J connectivity index is 1.28. The number of hydrogen-bond donors (Lipinski definition) is 2. The van der Waals surface area contributed by atoms with E-state index in [4.69, 9.17) is 11.6 Å². The highest BCUT2D eigenvalue weighted by molar-refractivity contribution is 7.15. The van der Waals surface area contributed by atoms with Crippen molar-refractivity contribution in [3.05, 3.63) is 106 Å². The number of nitrogens with zero attached hydrogens (tertiary/aromatic N) is 3. The molecule has 36 heavy (non-hydrogen) atoms. The topological polar surface area (TPSA) is 79.8 Å². The Morgan fingerprint density at radius 2 is 1.89 bits per heavy atom. The van der Waals surface area contributed by atoms with Crippen LogP contribution in [-0.4, -0.2) is 20.9 Å². The van der Waals surface area contributed by atoms with Crippen LogP contribution in [0.2, 0.25) is 5.15 Å². The monoisotopic (exact) mass is 517 g/mol. The molecule has 0 aliphatic rings. The molecule has 9 heteroatoms. The summed E-state index contributed by atoms with van der Waals surface area (Å²) in [4.78, 5) is 27.8. The number of carbonyl (C=O) groups excluding carboxylic acids is 1. The predicted octanol–water partition coefficient (Wildman–Crippen LogP) is 6.65. The Bertz CT molecular complexity index is 1540. The van der Waals surface area contributed by atoms with Crippen molar-refractivity contribution < 1.29 is 9.18 Å². The normalized spacial score (nSPS) is 11.9. The highest BCUT2D eigenvalue weighted by Gasteiger charge is 2.16. The summed E-state index contributed by atoms with van der Waals surface area (Å²) in [5.74, 6) is -0.0818. The average molecular weight is 518 g/mol. The Morgan fingerprint density at radius 3 is 2.72 bits per heavy atom. The number of carbonyl (C=O) groups is 1. The first-order valence-electron chi connectivity index (χ1n) is 11.2. The average Bonchev–Trinajstić information content (AvgIpc) is 3.37. The Kier molecular flexibility index (Phi) is 6.88. The second-order valence-corrected chi connectivity index (χ2v) is 9.69. The molecule has 1 amide bonds. The molecule has 3 aromatic heterocycles. The molecule has 0 fully saturated rings. The van der Waals surface area contributed by atoms with Crippen molar-refractivity contribution in [2.75, 3.05) is 5.32 Å². The number of benzene rings is 2. The number of fused-ring (bicyclic) bond motifs is 1. The van der Waals surface area contributed by atoms with Gasteiger partial charge in [0.1, 0.15) is 23.1 Å². The number of thiophene rings is 1. The molecule has 6 nitrogen and oxygen atoms in total. The lowest BCUT2D eigenvalue weighted by Gasteiger charge is -2.16. The van der Waals surface area contributed by atoms with Gasteiger partial charge in [-0.2, -0.15) is 0 Å². The molecule has 0 bridgehead atoms. The Labute approximate surface area is 216 Å². The minimum Gasteiger partial charge on any atom is -0.365 e. The van der Waals surface area contributed by atoms with E-state index in [1.807, 2.05) is 31.2 Å².